The number of oxime groups is 1. The minimum atomic E-state index is 0.0356. The smallest absolute Gasteiger partial charge is 0.203 e. The predicted octanol–water partition coefficient (Wildman–Crippen LogP) is 3.71. The molecule has 0 radical (unpaired) electrons. The Morgan fingerprint density at radius 1 is 0.828 bits per heavy atom. The summed E-state index contributed by atoms with van der Waals surface area (Å²) in [7, 11) is 7.98. The molecule has 1 atom stereocenters. The first-order valence-corrected chi connectivity index (χ1v) is 9.36. The molecular weight excluding hydrogens is 374 g/mol. The van der Waals surface area contributed by atoms with Crippen molar-refractivity contribution in [2.45, 2.75) is 19.3 Å². The lowest BCUT2D eigenvalue weighted by molar-refractivity contribution is 0.313. The Kier molecular flexibility index (Phi) is 6.36. The maximum absolute atomic E-state index is 9.81. The first kappa shape index (κ1) is 20.6. The van der Waals surface area contributed by atoms with Crippen LogP contribution in [0.4, 0.5) is 0 Å². The second kappa shape index (κ2) is 8.94. The molecule has 1 aliphatic carbocycles. The van der Waals surface area contributed by atoms with Crippen LogP contribution >= 0.6 is 0 Å². The van der Waals surface area contributed by atoms with Gasteiger partial charge in [0.2, 0.25) is 5.75 Å². The summed E-state index contributed by atoms with van der Waals surface area (Å²) in [5, 5.41) is 13.5. The number of benzene rings is 2. The summed E-state index contributed by atoms with van der Waals surface area (Å²) in [6.45, 7) is 0. The number of fused-ring (bicyclic) bond motifs is 1. The van der Waals surface area contributed by atoms with E-state index in [-0.39, 0.29) is 5.92 Å². The predicted molar refractivity (Wildman–Crippen MR) is 109 cm³/mol. The van der Waals surface area contributed by atoms with Gasteiger partial charge in [-0.2, -0.15) is 0 Å². The Morgan fingerprint density at radius 2 is 1.41 bits per heavy atom. The molecule has 0 fully saturated rings. The fraction of sp³-hybridized carbons (Fsp3) is 0.409. The monoisotopic (exact) mass is 401 g/mol. The van der Waals surface area contributed by atoms with Crippen molar-refractivity contribution in [3.8, 4) is 28.7 Å². The number of rotatable bonds is 7. The molecule has 3 rings (SSSR count). The third kappa shape index (κ3) is 3.90. The third-order valence-corrected chi connectivity index (χ3v) is 5.35. The molecule has 7 nitrogen and oxygen atoms in total. The molecule has 1 N–H and O–H groups in total. The SMILES string of the molecule is COc1cc2c(cc1OC)/C(=N/O)C(Cc1cc(OC)c(OC)c(OC)c1)CC2. The van der Waals surface area contributed by atoms with E-state index in [4.69, 9.17) is 23.7 Å². The summed E-state index contributed by atoms with van der Waals surface area (Å²) in [4.78, 5) is 0. The van der Waals surface area contributed by atoms with Crippen LogP contribution in [0.25, 0.3) is 0 Å². The van der Waals surface area contributed by atoms with Crippen LogP contribution in [0.5, 0.6) is 28.7 Å². The van der Waals surface area contributed by atoms with Crippen molar-refractivity contribution in [3.63, 3.8) is 0 Å². The minimum Gasteiger partial charge on any atom is -0.493 e. The van der Waals surface area contributed by atoms with E-state index in [9.17, 15) is 5.21 Å². The van der Waals surface area contributed by atoms with Crippen molar-refractivity contribution in [2.75, 3.05) is 35.5 Å². The fourth-order valence-electron chi connectivity index (χ4n) is 3.92. The standard InChI is InChI=1S/C22H27NO6/c1-25-17-11-14-6-7-15(21(23-24)16(14)12-18(17)26-2)8-13-9-19(27-3)22(29-5)20(10-13)28-4/h9-12,15,24H,6-8H2,1-5H3/b23-21+. The number of hydrogen-bond donors (Lipinski definition) is 1. The molecule has 2 aromatic carbocycles. The van der Waals surface area contributed by atoms with Crippen molar-refractivity contribution in [1.82, 2.24) is 0 Å². The van der Waals surface area contributed by atoms with Crippen molar-refractivity contribution in [3.05, 3.63) is 41.0 Å². The molecule has 0 aliphatic heterocycles. The number of nitrogens with zero attached hydrogens (tertiary/aromatic N) is 1. The largest absolute Gasteiger partial charge is 0.493 e. The highest BCUT2D eigenvalue weighted by atomic mass is 16.5. The first-order valence-electron chi connectivity index (χ1n) is 9.36. The van der Waals surface area contributed by atoms with Crippen molar-refractivity contribution >= 4 is 5.71 Å². The first-order chi connectivity index (χ1) is 14.1. The molecule has 0 heterocycles. The average Bonchev–Trinajstić information content (AvgIpc) is 2.76. The highest BCUT2D eigenvalue weighted by Crippen LogP contribution is 2.41. The maximum atomic E-state index is 9.81. The van der Waals surface area contributed by atoms with Gasteiger partial charge in [-0.15, -0.1) is 0 Å². The molecule has 1 unspecified atom stereocenters. The lowest BCUT2D eigenvalue weighted by atomic mass is 9.79. The lowest BCUT2D eigenvalue weighted by Crippen LogP contribution is -2.25. The van der Waals surface area contributed by atoms with Crippen molar-refractivity contribution in [1.29, 1.82) is 0 Å². The van der Waals surface area contributed by atoms with Gasteiger partial charge in [0.15, 0.2) is 23.0 Å². The van der Waals surface area contributed by atoms with Gasteiger partial charge in [-0.25, -0.2) is 0 Å². The van der Waals surface area contributed by atoms with Crippen LogP contribution in [-0.4, -0.2) is 46.5 Å². The van der Waals surface area contributed by atoms with E-state index in [0.29, 0.717) is 40.9 Å². The van der Waals surface area contributed by atoms with E-state index < -0.39 is 0 Å². The van der Waals surface area contributed by atoms with E-state index >= 15 is 0 Å². The zero-order valence-corrected chi connectivity index (χ0v) is 17.4. The van der Waals surface area contributed by atoms with Crippen LogP contribution in [0, 0.1) is 5.92 Å². The molecule has 29 heavy (non-hydrogen) atoms. The van der Waals surface area contributed by atoms with Gasteiger partial charge in [0.25, 0.3) is 0 Å². The van der Waals surface area contributed by atoms with Gasteiger partial charge in [-0.05, 0) is 54.7 Å². The Balaban J connectivity index is 1.96. The second-order valence-corrected chi connectivity index (χ2v) is 6.82. The van der Waals surface area contributed by atoms with Gasteiger partial charge >= 0.3 is 0 Å². The third-order valence-electron chi connectivity index (χ3n) is 5.35. The molecular formula is C22H27NO6. The van der Waals surface area contributed by atoms with E-state index in [1.54, 1.807) is 35.5 Å². The van der Waals surface area contributed by atoms with Crippen molar-refractivity contribution in [2.24, 2.45) is 11.1 Å². The molecule has 0 aromatic heterocycles. The van der Waals surface area contributed by atoms with Gasteiger partial charge in [0.05, 0.1) is 41.3 Å². The number of ether oxygens (including phenoxy) is 5. The number of hydrogen-bond acceptors (Lipinski definition) is 7. The zero-order valence-electron chi connectivity index (χ0n) is 17.4. The molecule has 0 spiro atoms. The average molecular weight is 401 g/mol. The summed E-state index contributed by atoms with van der Waals surface area (Å²) in [5.41, 5.74) is 3.61. The van der Waals surface area contributed by atoms with Crippen molar-refractivity contribution < 1.29 is 28.9 Å². The Hall–Kier alpha value is -3.09. The Morgan fingerprint density at radius 3 is 1.93 bits per heavy atom. The van der Waals surface area contributed by atoms with E-state index in [0.717, 1.165) is 29.5 Å². The molecule has 0 bridgehead atoms. The van der Waals surface area contributed by atoms with Gasteiger partial charge in [-0.3, -0.25) is 0 Å². The number of methoxy groups -OCH3 is 5. The van der Waals surface area contributed by atoms with Gasteiger partial charge in [-0.1, -0.05) is 5.16 Å². The van der Waals surface area contributed by atoms with Gasteiger partial charge in [0, 0.05) is 11.5 Å². The molecule has 156 valence electrons. The Bertz CT molecular complexity index is 883. The molecule has 0 saturated carbocycles. The fourth-order valence-corrected chi connectivity index (χ4v) is 3.92. The molecule has 2 aromatic rings. The van der Waals surface area contributed by atoms with Crippen LogP contribution in [0.3, 0.4) is 0 Å². The molecule has 0 amide bonds. The molecule has 0 saturated heterocycles. The van der Waals surface area contributed by atoms with E-state index in [1.165, 1.54) is 0 Å². The summed E-state index contributed by atoms with van der Waals surface area (Å²) in [6.07, 6.45) is 2.37. The highest BCUT2D eigenvalue weighted by molar-refractivity contribution is 6.04. The quantitative estimate of drug-likeness (QED) is 0.563. The summed E-state index contributed by atoms with van der Waals surface area (Å²) >= 11 is 0. The lowest BCUT2D eigenvalue weighted by Gasteiger charge is -2.27. The summed E-state index contributed by atoms with van der Waals surface area (Å²) in [5.74, 6) is 3.08. The van der Waals surface area contributed by atoms with Gasteiger partial charge in [0.1, 0.15) is 0 Å². The highest BCUT2D eigenvalue weighted by Gasteiger charge is 2.29. The summed E-state index contributed by atoms with van der Waals surface area (Å²) < 4.78 is 27.1. The van der Waals surface area contributed by atoms with Gasteiger partial charge < -0.3 is 28.9 Å². The summed E-state index contributed by atoms with van der Waals surface area (Å²) in [6, 6.07) is 7.69. The maximum Gasteiger partial charge on any atom is 0.203 e. The zero-order chi connectivity index (χ0) is 21.0. The number of aryl methyl sites for hydroxylation is 1. The second-order valence-electron chi connectivity index (χ2n) is 6.82. The van der Waals surface area contributed by atoms with Crippen LogP contribution in [0.2, 0.25) is 0 Å². The Labute approximate surface area is 170 Å². The van der Waals surface area contributed by atoms with Crippen LogP contribution < -0.4 is 23.7 Å². The molecule has 7 heteroatoms. The molecule has 1 aliphatic rings. The topological polar surface area (TPSA) is 78.7 Å². The van der Waals surface area contributed by atoms with Crippen LogP contribution in [0.1, 0.15) is 23.1 Å². The van der Waals surface area contributed by atoms with Crippen LogP contribution in [0.15, 0.2) is 29.4 Å². The normalized spacial score (nSPS) is 16.9. The minimum absolute atomic E-state index is 0.0356. The van der Waals surface area contributed by atoms with Crippen LogP contribution in [-0.2, 0) is 12.8 Å². The van der Waals surface area contributed by atoms with E-state index in [1.807, 2.05) is 24.3 Å². The van der Waals surface area contributed by atoms with E-state index in [2.05, 4.69) is 5.16 Å².